The summed E-state index contributed by atoms with van der Waals surface area (Å²) in [5, 5.41) is 12.5. The maximum atomic E-state index is 15.4. The first-order valence-corrected chi connectivity index (χ1v) is 14.8. The summed E-state index contributed by atoms with van der Waals surface area (Å²) in [5.41, 5.74) is 2.78. The van der Waals surface area contributed by atoms with Crippen molar-refractivity contribution in [3.05, 3.63) is 76.4 Å². The highest BCUT2D eigenvalue weighted by Crippen LogP contribution is 2.65. The van der Waals surface area contributed by atoms with Crippen molar-refractivity contribution in [2.75, 3.05) is 6.54 Å². The fourth-order valence-corrected chi connectivity index (χ4v) is 7.48. The molecule has 3 aromatic rings. The molecule has 6 rings (SSSR count). The Morgan fingerprint density at radius 3 is 2.56 bits per heavy atom. The number of hydrogen-bond donors (Lipinski definition) is 2. The Kier molecular flexibility index (Phi) is 7.13. The minimum absolute atomic E-state index is 0.0930. The topological polar surface area (TPSA) is 105 Å². The van der Waals surface area contributed by atoms with E-state index in [0.717, 1.165) is 42.3 Å². The lowest BCUT2D eigenvalue weighted by Crippen LogP contribution is -2.51. The van der Waals surface area contributed by atoms with Crippen LogP contribution in [0.1, 0.15) is 72.2 Å². The number of nitrogens with one attached hydrogen (secondary N) is 1. The average Bonchev–Trinajstić information content (AvgIpc) is 3.32. The van der Waals surface area contributed by atoms with Gasteiger partial charge in [0.25, 0.3) is 5.91 Å². The van der Waals surface area contributed by atoms with E-state index >= 15 is 8.78 Å². The number of nitrogens with zero attached hydrogens (tertiary/aromatic N) is 3. The van der Waals surface area contributed by atoms with Crippen LogP contribution in [0.25, 0.3) is 11.1 Å². The first-order chi connectivity index (χ1) is 20.4. The standard InChI is InChI=1S/C33H36F2N4O4/c1-17-8-7-9-18(2)27(17)19-12-20(29(35)22(34)13-19)23(14-26(40)41)37-31(42)30-28-21(33(28,3)4)16-39(30)32(43)24-15-36-25-10-5-6-11-38(24)25/h7-9,12-13,15,21,23,28,30H,5-6,10-11,14,16H2,1-4H3,(H,37,42)(H,40,41)/t21?,23-,28-,30-/m0/s1. The van der Waals surface area contributed by atoms with Crippen LogP contribution in [0.5, 0.6) is 0 Å². The molecule has 2 N–H and O–H groups in total. The van der Waals surface area contributed by atoms with Crippen molar-refractivity contribution in [1.29, 1.82) is 0 Å². The normalized spacial score (nSPS) is 22.5. The molecule has 2 fully saturated rings. The molecule has 1 aliphatic carbocycles. The number of piperidine rings is 1. The van der Waals surface area contributed by atoms with Gasteiger partial charge in [-0.3, -0.25) is 14.4 Å². The third-order valence-electron chi connectivity index (χ3n) is 9.82. The summed E-state index contributed by atoms with van der Waals surface area (Å²) >= 11 is 0. The zero-order valence-electron chi connectivity index (χ0n) is 24.8. The van der Waals surface area contributed by atoms with E-state index in [1.165, 1.54) is 6.07 Å². The van der Waals surface area contributed by atoms with Gasteiger partial charge >= 0.3 is 5.97 Å². The zero-order chi connectivity index (χ0) is 30.8. The maximum Gasteiger partial charge on any atom is 0.305 e. The number of aliphatic carboxylic acids is 1. The number of likely N-dealkylation sites (tertiary alicyclic amines) is 1. The van der Waals surface area contributed by atoms with E-state index < -0.39 is 42.0 Å². The predicted octanol–water partition coefficient (Wildman–Crippen LogP) is 5.21. The minimum atomic E-state index is -1.36. The number of carboxylic acids is 1. The summed E-state index contributed by atoms with van der Waals surface area (Å²) in [6, 6.07) is 5.85. The fourth-order valence-electron chi connectivity index (χ4n) is 7.48. The Hall–Kier alpha value is -4.08. The number of aryl methyl sites for hydroxylation is 3. The van der Waals surface area contributed by atoms with Crippen LogP contribution in [-0.2, 0) is 22.6 Å². The van der Waals surface area contributed by atoms with Crippen LogP contribution in [0.15, 0.2) is 36.5 Å². The number of aromatic nitrogens is 2. The van der Waals surface area contributed by atoms with Gasteiger partial charge in [0, 0.05) is 25.1 Å². The van der Waals surface area contributed by atoms with Gasteiger partial charge in [-0.25, -0.2) is 13.8 Å². The number of carbonyl (C=O) groups is 3. The van der Waals surface area contributed by atoms with E-state index in [1.54, 1.807) is 11.1 Å². The molecule has 1 unspecified atom stereocenters. The van der Waals surface area contributed by atoms with Crippen LogP contribution in [0.4, 0.5) is 8.78 Å². The molecule has 0 radical (unpaired) electrons. The quantitative estimate of drug-likeness (QED) is 0.393. The summed E-state index contributed by atoms with van der Waals surface area (Å²) in [4.78, 5) is 45.8. The number of halogens is 2. The monoisotopic (exact) mass is 590 g/mol. The molecule has 3 aliphatic rings. The summed E-state index contributed by atoms with van der Waals surface area (Å²) < 4.78 is 32.4. The van der Waals surface area contributed by atoms with Gasteiger partial charge in [0.15, 0.2) is 11.6 Å². The first-order valence-electron chi connectivity index (χ1n) is 14.8. The second-order valence-corrected chi connectivity index (χ2v) is 12.8. The Bertz CT molecular complexity index is 1630. The highest BCUT2D eigenvalue weighted by atomic mass is 19.2. The lowest BCUT2D eigenvalue weighted by molar-refractivity contribution is -0.138. The molecule has 43 heavy (non-hydrogen) atoms. The lowest BCUT2D eigenvalue weighted by Gasteiger charge is -2.32. The van der Waals surface area contributed by atoms with Crippen molar-refractivity contribution in [1.82, 2.24) is 19.8 Å². The molecule has 8 nitrogen and oxygen atoms in total. The summed E-state index contributed by atoms with van der Waals surface area (Å²) in [6.07, 6.45) is 3.63. The molecule has 2 aromatic carbocycles. The molecular formula is C33H36F2N4O4. The lowest BCUT2D eigenvalue weighted by atomic mass is 9.92. The smallest absolute Gasteiger partial charge is 0.305 e. The molecule has 4 atom stereocenters. The van der Waals surface area contributed by atoms with E-state index in [-0.39, 0.29) is 28.7 Å². The summed E-state index contributed by atoms with van der Waals surface area (Å²) in [6.45, 7) is 8.87. The van der Waals surface area contributed by atoms with E-state index in [4.69, 9.17) is 0 Å². The van der Waals surface area contributed by atoms with Gasteiger partial charge in [-0.05, 0) is 78.3 Å². The summed E-state index contributed by atoms with van der Waals surface area (Å²) in [5.74, 6) is -3.70. The van der Waals surface area contributed by atoms with Crippen LogP contribution in [0, 0.1) is 42.7 Å². The Morgan fingerprint density at radius 2 is 1.86 bits per heavy atom. The first kappa shape index (κ1) is 29.0. The number of fused-ring (bicyclic) bond motifs is 2. The predicted molar refractivity (Wildman–Crippen MR) is 155 cm³/mol. The minimum Gasteiger partial charge on any atom is -0.481 e. The molecule has 226 valence electrons. The highest BCUT2D eigenvalue weighted by molar-refractivity contribution is 5.97. The third kappa shape index (κ3) is 4.90. The van der Waals surface area contributed by atoms with Gasteiger partial charge in [0.2, 0.25) is 5.91 Å². The largest absolute Gasteiger partial charge is 0.481 e. The van der Waals surface area contributed by atoms with Crippen molar-refractivity contribution in [2.24, 2.45) is 17.3 Å². The van der Waals surface area contributed by atoms with Gasteiger partial charge in [-0.15, -0.1) is 0 Å². The molecular weight excluding hydrogens is 554 g/mol. The second-order valence-electron chi connectivity index (χ2n) is 12.8. The molecule has 3 heterocycles. The molecule has 1 saturated carbocycles. The van der Waals surface area contributed by atoms with Crippen LogP contribution < -0.4 is 5.32 Å². The van der Waals surface area contributed by atoms with E-state index in [0.29, 0.717) is 29.9 Å². The van der Waals surface area contributed by atoms with Crippen molar-refractivity contribution >= 4 is 17.8 Å². The van der Waals surface area contributed by atoms with E-state index in [1.807, 2.05) is 50.5 Å². The Labute approximate surface area is 249 Å². The molecule has 2 aliphatic heterocycles. The number of imidazole rings is 1. The number of hydrogen-bond acceptors (Lipinski definition) is 4. The molecule has 1 saturated heterocycles. The summed E-state index contributed by atoms with van der Waals surface area (Å²) in [7, 11) is 0. The molecule has 2 amide bonds. The fraction of sp³-hybridized carbons (Fsp3) is 0.455. The van der Waals surface area contributed by atoms with E-state index in [2.05, 4.69) is 10.3 Å². The highest BCUT2D eigenvalue weighted by Gasteiger charge is 2.69. The molecule has 0 spiro atoms. The molecule has 1 aromatic heterocycles. The van der Waals surface area contributed by atoms with Crippen LogP contribution in [0.3, 0.4) is 0 Å². The zero-order valence-corrected chi connectivity index (χ0v) is 24.8. The van der Waals surface area contributed by atoms with Crippen molar-refractivity contribution in [2.45, 2.75) is 72.0 Å². The van der Waals surface area contributed by atoms with Crippen molar-refractivity contribution in [3.8, 4) is 11.1 Å². The number of rotatable bonds is 7. The third-order valence-corrected chi connectivity index (χ3v) is 9.82. The van der Waals surface area contributed by atoms with Crippen molar-refractivity contribution in [3.63, 3.8) is 0 Å². The maximum absolute atomic E-state index is 15.4. The van der Waals surface area contributed by atoms with Crippen LogP contribution >= 0.6 is 0 Å². The average molecular weight is 591 g/mol. The van der Waals surface area contributed by atoms with Crippen LogP contribution in [0.2, 0.25) is 0 Å². The van der Waals surface area contributed by atoms with Crippen molar-refractivity contribution < 1.29 is 28.3 Å². The SMILES string of the molecule is Cc1cccc(C)c1-c1cc(F)c(F)c([C@H](CC(=O)O)NC(=O)[C@@H]2[C@@H]3C(CN2C(=O)c2cnc4n2CCCC4)C3(C)C)c1. The van der Waals surface area contributed by atoms with Gasteiger partial charge in [0.05, 0.1) is 18.7 Å². The second kappa shape index (κ2) is 10.6. The molecule has 10 heteroatoms. The number of benzene rings is 2. The number of amides is 2. The van der Waals surface area contributed by atoms with Gasteiger partial charge in [-0.1, -0.05) is 32.0 Å². The number of carboxylic acid groups (broad SMARTS) is 1. The Balaban J connectivity index is 1.34. The number of carbonyl (C=O) groups excluding carboxylic acids is 2. The van der Waals surface area contributed by atoms with E-state index in [9.17, 15) is 19.5 Å². The van der Waals surface area contributed by atoms with Gasteiger partial charge in [0.1, 0.15) is 17.6 Å². The van der Waals surface area contributed by atoms with Crippen LogP contribution in [-0.4, -0.2) is 49.9 Å². The Morgan fingerprint density at radius 1 is 1.14 bits per heavy atom. The molecule has 0 bridgehead atoms. The van der Waals surface area contributed by atoms with Gasteiger partial charge < -0.3 is 19.9 Å². The van der Waals surface area contributed by atoms with Gasteiger partial charge in [-0.2, -0.15) is 0 Å².